The summed E-state index contributed by atoms with van der Waals surface area (Å²) >= 11 is 3.09. The summed E-state index contributed by atoms with van der Waals surface area (Å²) in [4.78, 5) is 13.4. The third-order valence-corrected chi connectivity index (χ3v) is 3.85. The number of nitrogens with zero attached hydrogens (tertiary/aromatic N) is 1. The fourth-order valence-electron chi connectivity index (χ4n) is 1.32. The zero-order valence-electron chi connectivity index (χ0n) is 9.79. The average molecular weight is 276 g/mol. The van der Waals surface area contributed by atoms with Gasteiger partial charge in [0.25, 0.3) is 5.91 Å². The quantitative estimate of drug-likeness (QED) is 0.529. The molecule has 0 saturated carbocycles. The highest BCUT2D eigenvalue weighted by molar-refractivity contribution is 7.98. The van der Waals surface area contributed by atoms with Gasteiger partial charge in [-0.15, -0.1) is 23.1 Å². The molecule has 0 unspecified atom stereocenters. The van der Waals surface area contributed by atoms with E-state index in [-0.39, 0.29) is 5.91 Å². The monoisotopic (exact) mass is 276 g/mol. The maximum atomic E-state index is 11.6. The molecule has 2 aromatic rings. The molecular weight excluding hydrogens is 264 g/mol. The van der Waals surface area contributed by atoms with Crippen molar-refractivity contribution in [3.05, 3.63) is 52.2 Å². The average Bonchev–Trinajstić information content (AvgIpc) is 2.93. The Balaban J connectivity index is 1.93. The molecule has 0 aliphatic carbocycles. The smallest absolute Gasteiger partial charge is 0.266 e. The highest BCUT2D eigenvalue weighted by atomic mass is 32.2. The van der Waals surface area contributed by atoms with E-state index in [4.69, 9.17) is 0 Å². The minimum Gasteiger partial charge on any atom is -0.266 e. The SMILES string of the molecule is CSc1ccc(C=NNC(=O)c2cccs2)cc1. The molecule has 1 aromatic heterocycles. The predicted molar refractivity (Wildman–Crippen MR) is 77.6 cm³/mol. The van der Waals surface area contributed by atoms with E-state index in [2.05, 4.69) is 10.5 Å². The number of benzene rings is 1. The first-order valence-corrected chi connectivity index (χ1v) is 7.41. The molecule has 1 N–H and O–H groups in total. The van der Waals surface area contributed by atoms with Gasteiger partial charge < -0.3 is 0 Å². The molecule has 0 bridgehead atoms. The topological polar surface area (TPSA) is 41.5 Å². The second-order valence-electron chi connectivity index (χ2n) is 3.45. The van der Waals surface area contributed by atoms with Crippen molar-refractivity contribution >= 4 is 35.2 Å². The van der Waals surface area contributed by atoms with Crippen LogP contribution in [0.25, 0.3) is 0 Å². The molecule has 1 aromatic carbocycles. The Morgan fingerprint density at radius 1 is 1.33 bits per heavy atom. The van der Waals surface area contributed by atoms with E-state index >= 15 is 0 Å². The van der Waals surface area contributed by atoms with Crippen molar-refractivity contribution in [1.29, 1.82) is 0 Å². The number of carbonyl (C=O) groups excluding carboxylic acids is 1. The van der Waals surface area contributed by atoms with Crippen LogP contribution in [0.4, 0.5) is 0 Å². The summed E-state index contributed by atoms with van der Waals surface area (Å²) in [5, 5.41) is 5.79. The number of rotatable bonds is 4. The molecule has 0 radical (unpaired) electrons. The fraction of sp³-hybridized carbons (Fsp3) is 0.0769. The maximum Gasteiger partial charge on any atom is 0.281 e. The first kappa shape index (κ1) is 12.9. The standard InChI is InChI=1S/C13H12N2OS2/c1-17-11-6-4-10(5-7-11)9-14-15-13(16)12-3-2-8-18-12/h2-9H,1H3,(H,15,16). The van der Waals surface area contributed by atoms with Crippen molar-refractivity contribution in [3.63, 3.8) is 0 Å². The van der Waals surface area contributed by atoms with E-state index in [0.717, 1.165) is 5.56 Å². The highest BCUT2D eigenvalue weighted by Gasteiger charge is 2.03. The van der Waals surface area contributed by atoms with Gasteiger partial charge >= 0.3 is 0 Å². The van der Waals surface area contributed by atoms with Crippen LogP contribution >= 0.6 is 23.1 Å². The number of nitrogens with one attached hydrogen (secondary N) is 1. The molecular formula is C13H12N2OS2. The zero-order chi connectivity index (χ0) is 12.8. The van der Waals surface area contributed by atoms with Crippen molar-refractivity contribution in [3.8, 4) is 0 Å². The minimum absolute atomic E-state index is 0.179. The van der Waals surface area contributed by atoms with Gasteiger partial charge in [-0.2, -0.15) is 5.10 Å². The van der Waals surface area contributed by atoms with Gasteiger partial charge in [0, 0.05) is 4.90 Å². The maximum absolute atomic E-state index is 11.6. The largest absolute Gasteiger partial charge is 0.281 e. The second kappa shape index (κ2) is 6.37. The summed E-state index contributed by atoms with van der Waals surface area (Å²) in [5.74, 6) is -0.179. The molecule has 3 nitrogen and oxygen atoms in total. The normalized spacial score (nSPS) is 10.7. The zero-order valence-corrected chi connectivity index (χ0v) is 11.4. The lowest BCUT2D eigenvalue weighted by Gasteiger charge is -1.97. The summed E-state index contributed by atoms with van der Waals surface area (Å²) < 4.78 is 0. The van der Waals surface area contributed by atoms with E-state index in [1.165, 1.54) is 16.2 Å². The summed E-state index contributed by atoms with van der Waals surface area (Å²) in [6, 6.07) is 11.6. The van der Waals surface area contributed by atoms with Crippen molar-refractivity contribution < 1.29 is 4.79 Å². The third kappa shape index (κ3) is 3.45. The lowest BCUT2D eigenvalue weighted by atomic mass is 10.2. The Kier molecular flexibility index (Phi) is 4.55. The molecule has 0 atom stereocenters. The Hall–Kier alpha value is -1.59. The number of hydrazone groups is 1. The van der Waals surface area contributed by atoms with Crippen molar-refractivity contribution in [1.82, 2.24) is 5.43 Å². The van der Waals surface area contributed by atoms with Crippen LogP contribution in [0.5, 0.6) is 0 Å². The van der Waals surface area contributed by atoms with Gasteiger partial charge in [0.05, 0.1) is 11.1 Å². The molecule has 1 heterocycles. The lowest BCUT2D eigenvalue weighted by Crippen LogP contribution is -2.16. The highest BCUT2D eigenvalue weighted by Crippen LogP contribution is 2.13. The number of thiophene rings is 1. The Morgan fingerprint density at radius 2 is 2.11 bits per heavy atom. The summed E-state index contributed by atoms with van der Waals surface area (Å²) in [6.07, 6.45) is 3.67. The molecule has 0 aliphatic rings. The summed E-state index contributed by atoms with van der Waals surface area (Å²) in [5.41, 5.74) is 3.46. The van der Waals surface area contributed by atoms with Crippen LogP contribution < -0.4 is 5.43 Å². The van der Waals surface area contributed by atoms with Gasteiger partial charge in [0.2, 0.25) is 0 Å². The van der Waals surface area contributed by atoms with Gasteiger partial charge in [-0.3, -0.25) is 4.79 Å². The van der Waals surface area contributed by atoms with E-state index < -0.39 is 0 Å². The minimum atomic E-state index is -0.179. The van der Waals surface area contributed by atoms with E-state index in [1.807, 2.05) is 42.0 Å². The van der Waals surface area contributed by atoms with Gasteiger partial charge in [-0.05, 0) is 35.4 Å². The molecule has 0 saturated heterocycles. The predicted octanol–water partition coefficient (Wildman–Crippen LogP) is 3.23. The van der Waals surface area contributed by atoms with Gasteiger partial charge in [0.1, 0.15) is 0 Å². The molecule has 1 amide bonds. The Bertz CT molecular complexity index is 533. The number of carbonyl (C=O) groups is 1. The molecule has 92 valence electrons. The van der Waals surface area contributed by atoms with Gasteiger partial charge in [0.15, 0.2) is 0 Å². The van der Waals surface area contributed by atoms with Crippen molar-refractivity contribution in [2.24, 2.45) is 5.10 Å². The molecule has 5 heteroatoms. The third-order valence-electron chi connectivity index (χ3n) is 2.24. The van der Waals surface area contributed by atoms with E-state index in [0.29, 0.717) is 4.88 Å². The van der Waals surface area contributed by atoms with Crippen LogP contribution in [0, 0.1) is 0 Å². The fourth-order valence-corrected chi connectivity index (χ4v) is 2.34. The molecule has 2 rings (SSSR count). The number of hydrogen-bond acceptors (Lipinski definition) is 4. The van der Waals surface area contributed by atoms with Crippen molar-refractivity contribution in [2.45, 2.75) is 4.90 Å². The number of amides is 1. The van der Waals surface area contributed by atoms with Crippen LogP contribution in [-0.2, 0) is 0 Å². The van der Waals surface area contributed by atoms with Crippen LogP contribution in [0.15, 0.2) is 51.8 Å². The van der Waals surface area contributed by atoms with Crippen LogP contribution in [0.1, 0.15) is 15.2 Å². The van der Waals surface area contributed by atoms with Gasteiger partial charge in [-0.1, -0.05) is 18.2 Å². The molecule has 0 aliphatic heterocycles. The molecule has 0 spiro atoms. The van der Waals surface area contributed by atoms with Gasteiger partial charge in [-0.25, -0.2) is 5.43 Å². The van der Waals surface area contributed by atoms with Crippen LogP contribution in [-0.4, -0.2) is 18.4 Å². The van der Waals surface area contributed by atoms with Crippen LogP contribution in [0.3, 0.4) is 0 Å². The number of thioether (sulfide) groups is 1. The first-order valence-electron chi connectivity index (χ1n) is 5.30. The number of hydrogen-bond donors (Lipinski definition) is 1. The van der Waals surface area contributed by atoms with E-state index in [1.54, 1.807) is 24.0 Å². The molecule has 18 heavy (non-hydrogen) atoms. The molecule has 0 fully saturated rings. The Morgan fingerprint density at radius 3 is 2.72 bits per heavy atom. The second-order valence-corrected chi connectivity index (χ2v) is 5.28. The van der Waals surface area contributed by atoms with Crippen molar-refractivity contribution in [2.75, 3.05) is 6.26 Å². The Labute approximate surface area is 114 Å². The van der Waals surface area contributed by atoms with Crippen LogP contribution in [0.2, 0.25) is 0 Å². The summed E-state index contributed by atoms with van der Waals surface area (Å²) in [6.45, 7) is 0. The lowest BCUT2D eigenvalue weighted by molar-refractivity contribution is 0.0959. The van der Waals surface area contributed by atoms with E-state index in [9.17, 15) is 4.79 Å². The first-order chi connectivity index (χ1) is 8.79. The summed E-state index contributed by atoms with van der Waals surface area (Å²) in [7, 11) is 0.